The average Bonchev–Trinajstić information content (AvgIpc) is 2.81. The van der Waals surface area contributed by atoms with E-state index in [9.17, 15) is 14.7 Å². The van der Waals surface area contributed by atoms with Crippen molar-refractivity contribution in [3.63, 3.8) is 0 Å². The topological polar surface area (TPSA) is 117 Å². The SMILES string of the molecule is CC(C)(C)O[C@@](CNC(=O)c1ccc(N2CCC(Nc3ncccn3)CC2)cc1)(C(=O)O)C(C)(C)C. The zero-order valence-electron chi connectivity index (χ0n) is 22.2. The smallest absolute Gasteiger partial charge is 0.338 e. The molecule has 1 amide bonds. The molecule has 196 valence electrons. The molecule has 2 heterocycles. The number of carbonyl (C=O) groups excluding carboxylic acids is 1. The van der Waals surface area contributed by atoms with Crippen molar-refractivity contribution in [3.8, 4) is 0 Å². The molecule has 0 spiro atoms. The van der Waals surface area contributed by atoms with E-state index in [1.165, 1.54) is 0 Å². The van der Waals surface area contributed by atoms with Gasteiger partial charge in [0.2, 0.25) is 5.95 Å². The van der Waals surface area contributed by atoms with Crippen molar-refractivity contribution in [2.75, 3.05) is 29.9 Å². The second-order valence-electron chi connectivity index (χ2n) is 11.3. The van der Waals surface area contributed by atoms with Crippen molar-refractivity contribution in [1.82, 2.24) is 15.3 Å². The number of rotatable bonds is 8. The minimum Gasteiger partial charge on any atom is -0.479 e. The molecular formula is C27H39N5O4. The third-order valence-electron chi connectivity index (χ3n) is 6.42. The summed E-state index contributed by atoms with van der Waals surface area (Å²) in [5.74, 6) is -0.783. The van der Waals surface area contributed by atoms with Crippen molar-refractivity contribution >= 4 is 23.5 Å². The molecule has 0 saturated carbocycles. The fraction of sp³-hybridized carbons (Fsp3) is 0.556. The lowest BCUT2D eigenvalue weighted by atomic mass is 9.75. The number of aliphatic carboxylic acids is 1. The van der Waals surface area contributed by atoms with E-state index < -0.39 is 22.6 Å². The number of hydrogen-bond acceptors (Lipinski definition) is 7. The lowest BCUT2D eigenvalue weighted by Gasteiger charge is -2.44. The highest BCUT2D eigenvalue weighted by Crippen LogP contribution is 2.37. The summed E-state index contributed by atoms with van der Waals surface area (Å²) in [7, 11) is 0. The molecule has 0 radical (unpaired) electrons. The summed E-state index contributed by atoms with van der Waals surface area (Å²) in [6.45, 7) is 12.5. The maximum absolute atomic E-state index is 12.9. The van der Waals surface area contributed by atoms with E-state index in [1.54, 1.807) is 51.4 Å². The number of carbonyl (C=O) groups is 2. The first-order valence-electron chi connectivity index (χ1n) is 12.4. The van der Waals surface area contributed by atoms with Crippen LogP contribution in [-0.2, 0) is 9.53 Å². The van der Waals surface area contributed by atoms with Gasteiger partial charge in [-0.15, -0.1) is 0 Å². The fourth-order valence-electron chi connectivity index (χ4n) is 4.39. The summed E-state index contributed by atoms with van der Waals surface area (Å²) >= 11 is 0. The molecule has 9 nitrogen and oxygen atoms in total. The summed E-state index contributed by atoms with van der Waals surface area (Å²) in [5, 5.41) is 16.3. The minimum absolute atomic E-state index is 0.144. The van der Waals surface area contributed by atoms with E-state index in [-0.39, 0.29) is 12.5 Å². The van der Waals surface area contributed by atoms with Crippen LogP contribution in [0.25, 0.3) is 0 Å². The molecule has 36 heavy (non-hydrogen) atoms. The molecule has 1 atom stereocenters. The molecule has 1 aromatic heterocycles. The summed E-state index contributed by atoms with van der Waals surface area (Å²) in [6, 6.07) is 9.53. The molecule has 1 fully saturated rings. The van der Waals surface area contributed by atoms with E-state index in [0.29, 0.717) is 17.6 Å². The van der Waals surface area contributed by atoms with Crippen LogP contribution in [0.2, 0.25) is 0 Å². The zero-order valence-corrected chi connectivity index (χ0v) is 22.2. The van der Waals surface area contributed by atoms with Crippen LogP contribution in [0.1, 0.15) is 64.7 Å². The molecule has 0 aliphatic carbocycles. The second kappa shape index (κ2) is 10.8. The normalized spacial score (nSPS) is 16.8. The molecule has 0 bridgehead atoms. The molecule has 3 rings (SSSR count). The Bertz CT molecular complexity index is 1020. The Kier molecular flexibility index (Phi) is 8.23. The predicted octanol–water partition coefficient (Wildman–Crippen LogP) is 3.97. The van der Waals surface area contributed by atoms with Crippen molar-refractivity contribution < 1.29 is 19.4 Å². The molecular weight excluding hydrogens is 458 g/mol. The first-order valence-corrected chi connectivity index (χ1v) is 12.4. The zero-order chi connectivity index (χ0) is 26.6. The van der Waals surface area contributed by atoms with E-state index in [0.717, 1.165) is 31.6 Å². The van der Waals surface area contributed by atoms with Gasteiger partial charge in [0, 0.05) is 48.2 Å². The first-order chi connectivity index (χ1) is 16.8. The summed E-state index contributed by atoms with van der Waals surface area (Å²) in [6.07, 6.45) is 5.37. The first kappa shape index (κ1) is 27.4. The molecule has 1 aliphatic rings. The van der Waals surface area contributed by atoms with Gasteiger partial charge in [0.1, 0.15) is 0 Å². The Labute approximate surface area is 213 Å². The Morgan fingerprint density at radius 1 is 1.03 bits per heavy atom. The van der Waals surface area contributed by atoms with Crippen molar-refractivity contribution in [3.05, 3.63) is 48.3 Å². The van der Waals surface area contributed by atoms with E-state index in [2.05, 4.69) is 25.5 Å². The highest BCUT2D eigenvalue weighted by molar-refractivity contribution is 5.95. The number of piperidine rings is 1. The summed E-state index contributed by atoms with van der Waals surface area (Å²) in [5.41, 5.74) is -1.51. The van der Waals surface area contributed by atoms with Crippen LogP contribution >= 0.6 is 0 Å². The predicted molar refractivity (Wildman–Crippen MR) is 140 cm³/mol. The van der Waals surface area contributed by atoms with Crippen LogP contribution in [0.15, 0.2) is 42.7 Å². The Hall–Kier alpha value is -3.20. The summed E-state index contributed by atoms with van der Waals surface area (Å²) < 4.78 is 6.05. The number of hydrogen-bond donors (Lipinski definition) is 3. The van der Waals surface area contributed by atoms with E-state index in [4.69, 9.17) is 4.74 Å². The minimum atomic E-state index is -1.58. The molecule has 2 aromatic rings. The fourth-order valence-corrected chi connectivity index (χ4v) is 4.39. The quantitative estimate of drug-likeness (QED) is 0.502. The van der Waals surface area contributed by atoms with Gasteiger partial charge in [-0.05, 0) is 63.9 Å². The van der Waals surface area contributed by atoms with Crippen LogP contribution < -0.4 is 15.5 Å². The molecule has 1 aromatic carbocycles. The van der Waals surface area contributed by atoms with Crippen LogP contribution in [0, 0.1) is 5.41 Å². The van der Waals surface area contributed by atoms with Crippen molar-refractivity contribution in [1.29, 1.82) is 0 Å². The van der Waals surface area contributed by atoms with Gasteiger partial charge in [-0.1, -0.05) is 20.8 Å². The summed E-state index contributed by atoms with van der Waals surface area (Å²) in [4.78, 5) is 36.0. The number of carboxylic acids is 1. The Morgan fingerprint density at radius 3 is 2.11 bits per heavy atom. The number of carboxylic acid groups (broad SMARTS) is 1. The average molecular weight is 498 g/mol. The van der Waals surface area contributed by atoms with Crippen LogP contribution in [0.3, 0.4) is 0 Å². The highest BCUT2D eigenvalue weighted by atomic mass is 16.5. The number of ether oxygens (including phenoxy) is 1. The standard InChI is InChI=1S/C27H39N5O4/c1-25(2,3)27(23(34)35,36-26(4,5)6)18-30-22(33)19-8-10-21(11-9-19)32-16-12-20(13-17-32)31-24-28-14-7-15-29-24/h7-11,14-15,20H,12-13,16-18H2,1-6H3,(H,30,33)(H,34,35)(H,28,29,31)/t27-/m0/s1. The van der Waals surface area contributed by atoms with Gasteiger partial charge >= 0.3 is 5.97 Å². The number of aromatic nitrogens is 2. The number of amides is 1. The van der Waals surface area contributed by atoms with Gasteiger partial charge < -0.3 is 25.4 Å². The van der Waals surface area contributed by atoms with E-state index >= 15 is 0 Å². The number of anilines is 2. The van der Waals surface area contributed by atoms with Gasteiger partial charge in [-0.2, -0.15) is 0 Å². The highest BCUT2D eigenvalue weighted by Gasteiger charge is 2.52. The monoisotopic (exact) mass is 497 g/mol. The van der Waals surface area contributed by atoms with Gasteiger partial charge in [-0.3, -0.25) is 4.79 Å². The Morgan fingerprint density at radius 2 is 1.61 bits per heavy atom. The van der Waals surface area contributed by atoms with Crippen molar-refractivity contribution in [2.45, 2.75) is 71.6 Å². The molecule has 1 aliphatic heterocycles. The van der Waals surface area contributed by atoms with Gasteiger partial charge in [0.25, 0.3) is 5.91 Å². The number of nitrogens with one attached hydrogen (secondary N) is 2. The van der Waals surface area contributed by atoms with Crippen LogP contribution in [0.4, 0.5) is 11.6 Å². The second-order valence-corrected chi connectivity index (χ2v) is 11.3. The molecule has 3 N–H and O–H groups in total. The van der Waals surface area contributed by atoms with Crippen LogP contribution in [0.5, 0.6) is 0 Å². The third kappa shape index (κ3) is 6.72. The van der Waals surface area contributed by atoms with Gasteiger partial charge in [0.15, 0.2) is 5.60 Å². The third-order valence-corrected chi connectivity index (χ3v) is 6.42. The Balaban J connectivity index is 1.60. The lowest BCUT2D eigenvalue weighted by molar-refractivity contribution is -0.207. The molecule has 0 unspecified atom stereocenters. The maximum Gasteiger partial charge on any atom is 0.338 e. The van der Waals surface area contributed by atoms with E-state index in [1.807, 2.05) is 32.9 Å². The number of benzene rings is 1. The molecule has 9 heteroatoms. The van der Waals surface area contributed by atoms with Gasteiger partial charge in [-0.25, -0.2) is 14.8 Å². The largest absolute Gasteiger partial charge is 0.479 e. The number of nitrogens with zero attached hydrogens (tertiary/aromatic N) is 3. The van der Waals surface area contributed by atoms with Crippen LogP contribution in [-0.4, -0.2) is 63.8 Å². The van der Waals surface area contributed by atoms with Crippen molar-refractivity contribution in [2.24, 2.45) is 5.41 Å². The van der Waals surface area contributed by atoms with Gasteiger partial charge in [0.05, 0.1) is 12.1 Å². The maximum atomic E-state index is 12.9. The lowest BCUT2D eigenvalue weighted by Crippen LogP contribution is -2.61. The molecule has 1 saturated heterocycles.